The molecule has 164 valence electrons. The topological polar surface area (TPSA) is 75.9 Å². The molecule has 2 aromatic rings. The van der Waals surface area contributed by atoms with Crippen LogP contribution in [-0.2, 0) is 11.3 Å². The largest absolute Gasteiger partial charge is 0.356 e. The van der Waals surface area contributed by atoms with Gasteiger partial charge in [0.2, 0.25) is 5.91 Å². The van der Waals surface area contributed by atoms with Gasteiger partial charge in [0.15, 0.2) is 10.8 Å². The summed E-state index contributed by atoms with van der Waals surface area (Å²) in [6.07, 6.45) is 12.3. The number of fused-ring (bicyclic) bond motifs is 1. The summed E-state index contributed by atoms with van der Waals surface area (Å²) in [6.45, 7) is 5.48. The van der Waals surface area contributed by atoms with Gasteiger partial charge in [-0.2, -0.15) is 5.10 Å². The number of carbonyl (C=O) groups excluding carboxylic acids is 1. The van der Waals surface area contributed by atoms with Crippen LogP contribution in [0.1, 0.15) is 64.7 Å². The third kappa shape index (κ3) is 5.25. The summed E-state index contributed by atoms with van der Waals surface area (Å²) in [7, 11) is 0. The van der Waals surface area contributed by atoms with E-state index in [1.807, 2.05) is 10.9 Å². The molecule has 0 atom stereocenters. The Bertz CT molecular complexity index is 842. The average Bonchev–Trinajstić information content (AvgIpc) is 3.52. The number of hydrogen-bond donors (Lipinski definition) is 1. The van der Waals surface area contributed by atoms with Gasteiger partial charge < -0.3 is 10.2 Å². The molecule has 8 heteroatoms. The minimum atomic E-state index is 0.157. The molecule has 2 aromatic heterocycles. The van der Waals surface area contributed by atoms with Gasteiger partial charge in [0.05, 0.1) is 18.1 Å². The Morgan fingerprint density at radius 3 is 2.77 bits per heavy atom. The van der Waals surface area contributed by atoms with Gasteiger partial charge in [-0.15, -0.1) is 0 Å². The van der Waals surface area contributed by atoms with Gasteiger partial charge in [-0.25, -0.2) is 14.6 Å². The highest BCUT2D eigenvalue weighted by Crippen LogP contribution is 2.30. The van der Waals surface area contributed by atoms with Crippen LogP contribution in [0.4, 0.5) is 5.82 Å². The van der Waals surface area contributed by atoms with E-state index in [0.29, 0.717) is 19.5 Å². The summed E-state index contributed by atoms with van der Waals surface area (Å²) >= 11 is 1.71. The summed E-state index contributed by atoms with van der Waals surface area (Å²) in [6, 6.07) is 0. The summed E-state index contributed by atoms with van der Waals surface area (Å²) in [5.41, 5.74) is 0.880. The van der Waals surface area contributed by atoms with E-state index in [4.69, 9.17) is 9.97 Å². The summed E-state index contributed by atoms with van der Waals surface area (Å²) in [5.74, 6) is 2.94. The van der Waals surface area contributed by atoms with Crippen molar-refractivity contribution in [2.45, 2.75) is 76.4 Å². The Hall–Kier alpha value is -1.83. The van der Waals surface area contributed by atoms with Crippen molar-refractivity contribution in [1.82, 2.24) is 25.1 Å². The second kappa shape index (κ2) is 10.5. The van der Waals surface area contributed by atoms with E-state index in [1.165, 1.54) is 38.5 Å². The molecule has 2 fully saturated rings. The first kappa shape index (κ1) is 21.4. The number of anilines is 1. The highest BCUT2D eigenvalue weighted by atomic mass is 32.2. The number of thioether (sulfide) groups is 1. The van der Waals surface area contributed by atoms with E-state index in [-0.39, 0.29) is 5.91 Å². The zero-order valence-electron chi connectivity index (χ0n) is 18.1. The maximum absolute atomic E-state index is 12.2. The molecule has 0 radical (unpaired) electrons. The first-order chi connectivity index (χ1) is 14.7. The lowest BCUT2D eigenvalue weighted by atomic mass is 10.0. The Balaban J connectivity index is 1.40. The molecule has 1 saturated heterocycles. The van der Waals surface area contributed by atoms with Crippen LogP contribution in [-0.4, -0.2) is 51.0 Å². The molecule has 7 nitrogen and oxygen atoms in total. The summed E-state index contributed by atoms with van der Waals surface area (Å²) < 4.78 is 1.92. The van der Waals surface area contributed by atoms with Crippen LogP contribution in [0.5, 0.6) is 0 Å². The monoisotopic (exact) mass is 430 g/mol. The number of carbonyl (C=O) groups is 1. The maximum atomic E-state index is 12.2. The first-order valence-electron chi connectivity index (χ1n) is 11.6. The van der Waals surface area contributed by atoms with Crippen molar-refractivity contribution in [3.8, 4) is 0 Å². The molecule has 0 bridgehead atoms. The van der Waals surface area contributed by atoms with Crippen molar-refractivity contribution in [2.24, 2.45) is 5.92 Å². The van der Waals surface area contributed by atoms with Gasteiger partial charge in [0.1, 0.15) is 5.82 Å². The lowest BCUT2D eigenvalue weighted by Crippen LogP contribution is -2.27. The highest BCUT2D eigenvalue weighted by Gasteiger charge is 2.21. The number of nitrogens with zero attached hydrogens (tertiary/aromatic N) is 5. The van der Waals surface area contributed by atoms with Gasteiger partial charge in [-0.1, -0.05) is 44.4 Å². The van der Waals surface area contributed by atoms with Gasteiger partial charge in [-0.3, -0.25) is 4.79 Å². The second-order valence-corrected chi connectivity index (χ2v) is 9.58. The van der Waals surface area contributed by atoms with Gasteiger partial charge in [0.25, 0.3) is 0 Å². The van der Waals surface area contributed by atoms with Crippen LogP contribution in [0, 0.1) is 5.92 Å². The fourth-order valence-electron chi connectivity index (χ4n) is 4.54. The first-order valence-corrected chi connectivity index (χ1v) is 12.6. The molecule has 1 aliphatic carbocycles. The molecule has 2 aliphatic rings. The fourth-order valence-corrected chi connectivity index (χ4v) is 5.23. The van der Waals surface area contributed by atoms with Crippen molar-refractivity contribution < 1.29 is 4.79 Å². The number of nitrogens with one attached hydrogen (secondary N) is 1. The van der Waals surface area contributed by atoms with E-state index < -0.39 is 0 Å². The van der Waals surface area contributed by atoms with Crippen molar-refractivity contribution in [3.63, 3.8) is 0 Å². The number of rotatable bonds is 10. The third-order valence-electron chi connectivity index (χ3n) is 6.20. The Kier molecular flexibility index (Phi) is 7.47. The number of amides is 1. The zero-order valence-corrected chi connectivity index (χ0v) is 18.9. The van der Waals surface area contributed by atoms with Crippen LogP contribution in [0.25, 0.3) is 11.0 Å². The molecule has 0 spiro atoms. The zero-order chi connectivity index (χ0) is 20.8. The average molecular weight is 431 g/mol. The molecule has 1 aliphatic heterocycles. The summed E-state index contributed by atoms with van der Waals surface area (Å²) in [5, 5.41) is 9.50. The molecule has 1 N–H and O–H groups in total. The Labute approximate surface area is 183 Å². The third-order valence-corrected chi connectivity index (χ3v) is 7.25. The lowest BCUT2D eigenvalue weighted by molar-refractivity contribution is -0.121. The molecular formula is C22H34N6OS. The van der Waals surface area contributed by atoms with Crippen LogP contribution < -0.4 is 10.2 Å². The number of hydrogen-bond acceptors (Lipinski definition) is 6. The van der Waals surface area contributed by atoms with Crippen LogP contribution in [0.2, 0.25) is 0 Å². The smallest absolute Gasteiger partial charge is 0.220 e. The SMILES string of the molecule is CCCSc1nc(N2CCCC2)c2cnn(CCNC(=O)CCC3CCCC3)c2n1. The minimum absolute atomic E-state index is 0.157. The van der Waals surface area contributed by atoms with Crippen LogP contribution >= 0.6 is 11.8 Å². The molecule has 0 unspecified atom stereocenters. The van der Waals surface area contributed by atoms with Crippen molar-refractivity contribution in [1.29, 1.82) is 0 Å². The molecule has 1 amide bonds. The van der Waals surface area contributed by atoms with Crippen molar-refractivity contribution in [2.75, 3.05) is 30.3 Å². The van der Waals surface area contributed by atoms with Crippen LogP contribution in [0.15, 0.2) is 11.4 Å². The predicted octanol–water partition coefficient (Wildman–Crippen LogP) is 4.02. The van der Waals surface area contributed by atoms with Crippen molar-refractivity contribution >= 4 is 34.5 Å². The number of aromatic nitrogens is 4. The lowest BCUT2D eigenvalue weighted by Gasteiger charge is -2.18. The molecule has 30 heavy (non-hydrogen) atoms. The van der Waals surface area contributed by atoms with Gasteiger partial charge in [-0.05, 0) is 31.6 Å². The predicted molar refractivity (Wildman–Crippen MR) is 122 cm³/mol. The molecule has 0 aromatic carbocycles. The van der Waals surface area contributed by atoms with E-state index in [9.17, 15) is 4.79 Å². The molecule has 1 saturated carbocycles. The van der Waals surface area contributed by atoms with E-state index in [2.05, 4.69) is 22.2 Å². The van der Waals surface area contributed by atoms with E-state index >= 15 is 0 Å². The molecule has 3 heterocycles. The maximum Gasteiger partial charge on any atom is 0.220 e. The summed E-state index contributed by atoms with van der Waals surface area (Å²) in [4.78, 5) is 24.2. The standard InChI is InChI=1S/C22H34N6OS/c1-2-15-30-22-25-20(27-12-5-6-13-27)18-16-24-28(21(18)26-22)14-11-23-19(29)10-9-17-7-3-4-8-17/h16-17H,2-15H2,1H3,(H,23,29). The molecular weight excluding hydrogens is 396 g/mol. The van der Waals surface area contributed by atoms with E-state index in [0.717, 1.165) is 59.6 Å². The van der Waals surface area contributed by atoms with Gasteiger partial charge >= 0.3 is 0 Å². The molecule has 4 rings (SSSR count). The quantitative estimate of drug-likeness (QED) is 0.453. The normalized spacial score (nSPS) is 17.3. The van der Waals surface area contributed by atoms with Crippen LogP contribution in [0.3, 0.4) is 0 Å². The van der Waals surface area contributed by atoms with Crippen molar-refractivity contribution in [3.05, 3.63) is 6.20 Å². The fraction of sp³-hybridized carbons (Fsp3) is 0.727. The van der Waals surface area contributed by atoms with Gasteiger partial charge in [0, 0.05) is 31.8 Å². The van der Waals surface area contributed by atoms with E-state index in [1.54, 1.807) is 11.8 Å². The second-order valence-electron chi connectivity index (χ2n) is 8.52. The Morgan fingerprint density at radius 1 is 1.20 bits per heavy atom. The minimum Gasteiger partial charge on any atom is -0.356 e. The Morgan fingerprint density at radius 2 is 2.00 bits per heavy atom. The highest BCUT2D eigenvalue weighted by molar-refractivity contribution is 7.99.